The number of benzene rings is 2. The molecule has 0 aliphatic rings. The molecule has 0 saturated carbocycles. The number of methoxy groups -OCH3 is 1. The largest absolute Gasteiger partial charge is 0.480 e. The van der Waals surface area contributed by atoms with Gasteiger partial charge in [-0.2, -0.15) is 5.26 Å². The fourth-order valence-corrected chi connectivity index (χ4v) is 4.98. The van der Waals surface area contributed by atoms with Gasteiger partial charge < -0.3 is 4.74 Å². The Hall–Kier alpha value is -5.48. The number of ether oxygens (including phenoxy) is 1. The molecule has 0 aliphatic heterocycles. The lowest BCUT2D eigenvalue weighted by Gasteiger charge is -2.17. The van der Waals surface area contributed by atoms with E-state index in [2.05, 4.69) is 9.97 Å². The second-order valence-electron chi connectivity index (χ2n) is 9.29. The molecule has 6 aromatic rings. The smallest absolute Gasteiger partial charge is 0.337 e. The van der Waals surface area contributed by atoms with E-state index >= 15 is 0 Å². The lowest BCUT2D eigenvalue weighted by Crippen LogP contribution is -2.40. The van der Waals surface area contributed by atoms with Crippen LogP contribution in [0.1, 0.15) is 11.1 Å². The maximum Gasteiger partial charge on any atom is 0.337 e. The number of nitriles is 1. The van der Waals surface area contributed by atoms with Crippen LogP contribution >= 0.6 is 11.6 Å². The highest BCUT2D eigenvalue weighted by Crippen LogP contribution is 2.32. The summed E-state index contributed by atoms with van der Waals surface area (Å²) in [6.45, 7) is -0.534. The molecule has 0 radical (unpaired) electrons. The summed E-state index contributed by atoms with van der Waals surface area (Å²) in [5.41, 5.74) is -1.39. The Morgan fingerprint density at radius 2 is 1.77 bits per heavy atom. The summed E-state index contributed by atoms with van der Waals surface area (Å²) in [5.74, 6) is -5.58. The van der Waals surface area contributed by atoms with Gasteiger partial charge in [-0.1, -0.05) is 11.6 Å². The van der Waals surface area contributed by atoms with Crippen molar-refractivity contribution in [2.75, 3.05) is 7.11 Å². The predicted octanol–water partition coefficient (Wildman–Crippen LogP) is 5.00. The van der Waals surface area contributed by atoms with E-state index in [-0.39, 0.29) is 55.7 Å². The average molecular weight is 607 g/mol. The van der Waals surface area contributed by atoms with Crippen LogP contribution in [0.3, 0.4) is 0 Å². The molecule has 0 N–H and O–H groups in total. The van der Waals surface area contributed by atoms with Crippen LogP contribution in [0.2, 0.25) is 5.02 Å². The van der Waals surface area contributed by atoms with E-state index in [1.807, 2.05) is 6.07 Å². The van der Waals surface area contributed by atoms with E-state index in [0.717, 1.165) is 33.4 Å². The molecule has 0 saturated heterocycles. The molecule has 2 aromatic carbocycles. The van der Waals surface area contributed by atoms with Crippen molar-refractivity contribution >= 4 is 28.2 Å². The third-order valence-corrected chi connectivity index (χ3v) is 7.06. The normalized spacial score (nSPS) is 11.3. The van der Waals surface area contributed by atoms with Crippen molar-refractivity contribution < 1.29 is 22.3 Å². The first-order valence-electron chi connectivity index (χ1n) is 12.3. The summed E-state index contributed by atoms with van der Waals surface area (Å²) in [6.07, 6.45) is 2.44. The average Bonchev–Trinajstić information content (AvgIpc) is 3.40. The van der Waals surface area contributed by atoms with Crippen molar-refractivity contribution in [3.05, 3.63) is 121 Å². The van der Waals surface area contributed by atoms with Gasteiger partial charge in [0.05, 0.1) is 47.7 Å². The summed E-state index contributed by atoms with van der Waals surface area (Å²) in [6, 6.07) is 11.4. The number of aromatic nitrogens is 5. The minimum atomic E-state index is -1.69. The molecule has 0 aliphatic carbocycles. The molecule has 0 fully saturated rings. The van der Waals surface area contributed by atoms with Crippen LogP contribution in [-0.4, -0.2) is 30.6 Å². The van der Waals surface area contributed by atoms with Crippen molar-refractivity contribution in [2.45, 2.75) is 6.54 Å². The number of halogens is 5. The summed E-state index contributed by atoms with van der Waals surface area (Å²) in [5, 5.41) is 9.37. The minimum Gasteiger partial charge on any atom is -0.480 e. The van der Waals surface area contributed by atoms with Crippen molar-refractivity contribution in [2.24, 2.45) is 0 Å². The van der Waals surface area contributed by atoms with E-state index in [1.165, 1.54) is 48.2 Å². The lowest BCUT2D eigenvalue weighted by molar-refractivity contribution is 0.403. The number of pyridine rings is 2. The SMILES string of the molecule is COc1nc(-c2cc(C#N)ccc2Cl)cc2c1c(=O)n(-c1cnc3cc(F)ccn13)c(=O)n2Cc1cc(F)c(F)c(F)c1. The fourth-order valence-electron chi connectivity index (χ4n) is 4.77. The summed E-state index contributed by atoms with van der Waals surface area (Å²) < 4.78 is 64.4. The number of rotatable bonds is 5. The molecule has 214 valence electrons. The zero-order valence-corrected chi connectivity index (χ0v) is 22.5. The molecule has 0 unspecified atom stereocenters. The van der Waals surface area contributed by atoms with Gasteiger partial charge >= 0.3 is 5.69 Å². The summed E-state index contributed by atoms with van der Waals surface area (Å²) in [7, 11) is 1.24. The molecule has 4 heterocycles. The molecule has 9 nitrogen and oxygen atoms in total. The van der Waals surface area contributed by atoms with Gasteiger partial charge in [0, 0.05) is 17.8 Å². The molecule has 0 bridgehead atoms. The van der Waals surface area contributed by atoms with Crippen molar-refractivity contribution in [1.82, 2.24) is 23.5 Å². The third kappa shape index (κ3) is 4.58. The van der Waals surface area contributed by atoms with Crippen LogP contribution < -0.4 is 16.0 Å². The van der Waals surface area contributed by atoms with E-state index in [9.17, 15) is 32.4 Å². The monoisotopic (exact) mass is 606 g/mol. The van der Waals surface area contributed by atoms with Crippen LogP contribution in [0.15, 0.2) is 70.5 Å². The standard InChI is InChI=1S/C29H15ClF4N6O3/c1-43-27-25-22(10-21(37-27)17-6-14(11-35)2-3-18(17)30)39(13-15-7-19(32)26(34)20(33)8-15)29(42)40(28(25)41)24-12-36-23-9-16(31)4-5-38(23)24/h2-10,12H,13H2,1H3. The molecular formula is C29H15ClF4N6O3. The van der Waals surface area contributed by atoms with E-state index in [4.69, 9.17) is 16.3 Å². The van der Waals surface area contributed by atoms with E-state index < -0.39 is 41.1 Å². The minimum absolute atomic E-state index is 0.0727. The number of hydrogen-bond acceptors (Lipinski definition) is 6. The maximum absolute atomic E-state index is 14.2. The fraction of sp³-hybridized carbons (Fsp3) is 0.0690. The van der Waals surface area contributed by atoms with Gasteiger partial charge in [-0.3, -0.25) is 13.8 Å². The van der Waals surface area contributed by atoms with Gasteiger partial charge in [-0.25, -0.2) is 36.9 Å². The highest BCUT2D eigenvalue weighted by molar-refractivity contribution is 6.33. The van der Waals surface area contributed by atoms with Gasteiger partial charge in [0.1, 0.15) is 22.7 Å². The Balaban J connectivity index is 1.73. The molecule has 0 spiro atoms. The first kappa shape index (κ1) is 27.7. The van der Waals surface area contributed by atoms with Crippen LogP contribution in [0, 0.1) is 34.6 Å². The number of nitrogens with zero attached hydrogens (tertiary/aromatic N) is 6. The molecule has 6 rings (SSSR count). The van der Waals surface area contributed by atoms with Crippen LogP contribution in [0.4, 0.5) is 17.6 Å². The Morgan fingerprint density at radius 3 is 2.47 bits per heavy atom. The highest BCUT2D eigenvalue weighted by atomic mass is 35.5. The number of fused-ring (bicyclic) bond motifs is 2. The first-order valence-corrected chi connectivity index (χ1v) is 12.7. The van der Waals surface area contributed by atoms with Crippen molar-refractivity contribution in [3.63, 3.8) is 0 Å². The Kier molecular flexibility index (Phi) is 6.70. The number of imidazole rings is 1. The van der Waals surface area contributed by atoms with Crippen molar-refractivity contribution in [1.29, 1.82) is 5.26 Å². The van der Waals surface area contributed by atoms with Gasteiger partial charge in [-0.05, 0) is 48.0 Å². The van der Waals surface area contributed by atoms with Crippen molar-refractivity contribution in [3.8, 4) is 29.0 Å². The Morgan fingerprint density at radius 1 is 1.02 bits per heavy atom. The van der Waals surface area contributed by atoms with Gasteiger partial charge in [0.2, 0.25) is 5.88 Å². The number of hydrogen-bond donors (Lipinski definition) is 0. The molecular weight excluding hydrogens is 592 g/mol. The topological polar surface area (TPSA) is 107 Å². The van der Waals surface area contributed by atoms with E-state index in [0.29, 0.717) is 0 Å². The lowest BCUT2D eigenvalue weighted by atomic mass is 10.1. The van der Waals surface area contributed by atoms with Crippen LogP contribution in [0.5, 0.6) is 5.88 Å². The first-order chi connectivity index (χ1) is 20.6. The summed E-state index contributed by atoms with van der Waals surface area (Å²) >= 11 is 6.40. The van der Waals surface area contributed by atoms with Gasteiger partial charge in [-0.15, -0.1) is 0 Å². The quantitative estimate of drug-likeness (QED) is 0.202. The zero-order chi connectivity index (χ0) is 30.6. The molecule has 0 amide bonds. The Bertz CT molecular complexity index is 2270. The van der Waals surface area contributed by atoms with Crippen LogP contribution in [-0.2, 0) is 6.54 Å². The zero-order valence-electron chi connectivity index (χ0n) is 21.8. The molecule has 43 heavy (non-hydrogen) atoms. The van der Waals surface area contributed by atoms with Gasteiger partial charge in [0.15, 0.2) is 17.5 Å². The molecule has 0 atom stereocenters. The Labute approximate surface area is 243 Å². The van der Waals surface area contributed by atoms with Gasteiger partial charge in [0.25, 0.3) is 5.56 Å². The van der Waals surface area contributed by atoms with Crippen LogP contribution in [0.25, 0.3) is 33.6 Å². The van der Waals surface area contributed by atoms with E-state index in [1.54, 1.807) is 0 Å². The second kappa shape index (κ2) is 10.4. The maximum atomic E-state index is 14.2. The molecule has 14 heteroatoms. The third-order valence-electron chi connectivity index (χ3n) is 6.73. The molecule has 4 aromatic heterocycles. The predicted molar refractivity (Wildman–Crippen MR) is 147 cm³/mol. The summed E-state index contributed by atoms with van der Waals surface area (Å²) in [4.78, 5) is 36.6. The second-order valence-corrected chi connectivity index (χ2v) is 9.70. The highest BCUT2D eigenvalue weighted by Gasteiger charge is 2.24.